The first-order valence-electron chi connectivity index (χ1n) is 6.01. The SMILES string of the molecule is Cc1cccc(NC(=O)C[C@H](C)n2cccn2)c1. The highest BCUT2D eigenvalue weighted by atomic mass is 16.1. The summed E-state index contributed by atoms with van der Waals surface area (Å²) in [6.07, 6.45) is 4.00. The summed E-state index contributed by atoms with van der Waals surface area (Å²) in [5, 5.41) is 7.02. The lowest BCUT2D eigenvalue weighted by Crippen LogP contribution is -2.17. The molecule has 0 fully saturated rings. The molecule has 18 heavy (non-hydrogen) atoms. The van der Waals surface area contributed by atoms with Gasteiger partial charge in [-0.05, 0) is 37.6 Å². The maximum absolute atomic E-state index is 11.9. The average molecular weight is 243 g/mol. The van der Waals surface area contributed by atoms with Gasteiger partial charge in [0.05, 0.1) is 6.04 Å². The largest absolute Gasteiger partial charge is 0.326 e. The third-order valence-corrected chi connectivity index (χ3v) is 2.76. The van der Waals surface area contributed by atoms with Crippen LogP contribution in [0.3, 0.4) is 0 Å². The molecule has 0 aliphatic heterocycles. The Balaban J connectivity index is 1.93. The second kappa shape index (κ2) is 5.49. The molecule has 0 aliphatic carbocycles. The number of anilines is 1. The molecule has 4 nitrogen and oxygen atoms in total. The van der Waals surface area contributed by atoms with Gasteiger partial charge >= 0.3 is 0 Å². The Morgan fingerprint density at radius 1 is 1.44 bits per heavy atom. The highest BCUT2D eigenvalue weighted by molar-refractivity contribution is 5.90. The molecule has 1 aromatic carbocycles. The highest BCUT2D eigenvalue weighted by Gasteiger charge is 2.10. The Labute approximate surface area is 107 Å². The molecule has 0 aliphatic rings. The van der Waals surface area contributed by atoms with Crippen molar-refractivity contribution in [3.05, 3.63) is 48.3 Å². The molecular formula is C14H17N3O. The Bertz CT molecular complexity index is 520. The first kappa shape index (κ1) is 12.4. The second-order valence-corrected chi connectivity index (χ2v) is 4.46. The van der Waals surface area contributed by atoms with Gasteiger partial charge in [-0.2, -0.15) is 5.10 Å². The van der Waals surface area contributed by atoms with Crippen molar-refractivity contribution in [3.8, 4) is 0 Å². The molecule has 2 rings (SSSR count). The summed E-state index contributed by atoms with van der Waals surface area (Å²) in [5.41, 5.74) is 1.97. The van der Waals surface area contributed by atoms with Crippen LogP contribution >= 0.6 is 0 Å². The summed E-state index contributed by atoms with van der Waals surface area (Å²) in [6, 6.07) is 9.70. The fourth-order valence-corrected chi connectivity index (χ4v) is 1.84. The first-order valence-corrected chi connectivity index (χ1v) is 6.01. The molecule has 4 heteroatoms. The third kappa shape index (κ3) is 3.20. The predicted molar refractivity (Wildman–Crippen MR) is 71.4 cm³/mol. The zero-order valence-electron chi connectivity index (χ0n) is 10.6. The smallest absolute Gasteiger partial charge is 0.226 e. The number of aromatic nitrogens is 2. The second-order valence-electron chi connectivity index (χ2n) is 4.46. The van der Waals surface area contributed by atoms with E-state index < -0.39 is 0 Å². The fourth-order valence-electron chi connectivity index (χ4n) is 1.84. The number of nitrogens with zero attached hydrogens (tertiary/aromatic N) is 2. The van der Waals surface area contributed by atoms with Crippen LogP contribution in [0.15, 0.2) is 42.7 Å². The summed E-state index contributed by atoms with van der Waals surface area (Å²) in [5.74, 6) is 0.00333. The number of benzene rings is 1. The van der Waals surface area contributed by atoms with Crippen molar-refractivity contribution < 1.29 is 4.79 Å². The first-order chi connectivity index (χ1) is 8.65. The molecule has 1 heterocycles. The lowest BCUT2D eigenvalue weighted by Gasteiger charge is -2.12. The average Bonchev–Trinajstić information content (AvgIpc) is 2.81. The van der Waals surface area contributed by atoms with Gasteiger partial charge < -0.3 is 5.32 Å². The topological polar surface area (TPSA) is 46.9 Å². The number of hydrogen-bond donors (Lipinski definition) is 1. The van der Waals surface area contributed by atoms with Crippen LogP contribution in [0.2, 0.25) is 0 Å². The van der Waals surface area contributed by atoms with Gasteiger partial charge in [-0.1, -0.05) is 12.1 Å². The Morgan fingerprint density at radius 3 is 2.94 bits per heavy atom. The molecule has 0 spiro atoms. The summed E-state index contributed by atoms with van der Waals surface area (Å²) in [6.45, 7) is 3.98. The Kier molecular flexibility index (Phi) is 3.77. The van der Waals surface area contributed by atoms with E-state index in [1.807, 2.05) is 50.4 Å². The van der Waals surface area contributed by atoms with Gasteiger partial charge in [0.1, 0.15) is 0 Å². The van der Waals surface area contributed by atoms with E-state index in [2.05, 4.69) is 10.4 Å². The minimum atomic E-state index is 0.00333. The zero-order valence-corrected chi connectivity index (χ0v) is 10.6. The van der Waals surface area contributed by atoms with Gasteiger partial charge in [-0.25, -0.2) is 0 Å². The van der Waals surface area contributed by atoms with E-state index in [0.29, 0.717) is 6.42 Å². The van der Waals surface area contributed by atoms with Crippen molar-refractivity contribution in [2.24, 2.45) is 0 Å². The third-order valence-electron chi connectivity index (χ3n) is 2.76. The number of carbonyl (C=O) groups is 1. The van der Waals surface area contributed by atoms with Gasteiger partial charge in [0.25, 0.3) is 0 Å². The maximum atomic E-state index is 11.9. The number of hydrogen-bond acceptors (Lipinski definition) is 2. The summed E-state index contributed by atoms with van der Waals surface area (Å²) in [4.78, 5) is 11.9. The van der Waals surface area contributed by atoms with Crippen LogP contribution in [-0.4, -0.2) is 15.7 Å². The van der Waals surface area contributed by atoms with E-state index in [0.717, 1.165) is 11.3 Å². The number of carbonyl (C=O) groups excluding carboxylic acids is 1. The standard InChI is InChI=1S/C14H17N3O/c1-11-5-3-6-13(9-11)16-14(18)10-12(2)17-8-4-7-15-17/h3-9,12H,10H2,1-2H3,(H,16,18)/t12-/m0/s1. The molecule has 0 unspecified atom stereocenters. The van der Waals surface area contributed by atoms with Gasteiger partial charge in [0, 0.05) is 24.5 Å². The van der Waals surface area contributed by atoms with Crippen molar-refractivity contribution in [3.63, 3.8) is 0 Å². The van der Waals surface area contributed by atoms with E-state index in [1.54, 1.807) is 10.9 Å². The van der Waals surface area contributed by atoms with Crippen molar-refractivity contribution >= 4 is 11.6 Å². The minimum Gasteiger partial charge on any atom is -0.326 e. The number of nitrogens with one attached hydrogen (secondary N) is 1. The monoisotopic (exact) mass is 243 g/mol. The predicted octanol–water partition coefficient (Wildman–Crippen LogP) is 2.78. The van der Waals surface area contributed by atoms with Crippen LogP contribution in [0.4, 0.5) is 5.69 Å². The normalized spacial score (nSPS) is 12.1. The zero-order chi connectivity index (χ0) is 13.0. The molecule has 1 atom stereocenters. The summed E-state index contributed by atoms with van der Waals surface area (Å²) < 4.78 is 1.79. The lowest BCUT2D eigenvalue weighted by molar-refractivity contribution is -0.116. The van der Waals surface area contributed by atoms with E-state index in [1.165, 1.54) is 0 Å². The minimum absolute atomic E-state index is 0.00333. The van der Waals surface area contributed by atoms with Crippen LogP contribution in [0, 0.1) is 6.92 Å². The van der Waals surface area contributed by atoms with Crippen LogP contribution in [-0.2, 0) is 4.79 Å². The van der Waals surface area contributed by atoms with E-state index in [4.69, 9.17) is 0 Å². The van der Waals surface area contributed by atoms with Gasteiger partial charge in [-0.3, -0.25) is 9.48 Å². The van der Waals surface area contributed by atoms with Gasteiger partial charge in [0.15, 0.2) is 0 Å². The molecule has 1 N–H and O–H groups in total. The molecule has 94 valence electrons. The Morgan fingerprint density at radius 2 is 2.28 bits per heavy atom. The van der Waals surface area contributed by atoms with Crippen LogP contribution in [0.5, 0.6) is 0 Å². The number of rotatable bonds is 4. The molecule has 0 bridgehead atoms. The number of aryl methyl sites for hydroxylation is 1. The lowest BCUT2D eigenvalue weighted by atomic mass is 10.2. The van der Waals surface area contributed by atoms with Crippen molar-refractivity contribution in [2.45, 2.75) is 26.3 Å². The fraction of sp³-hybridized carbons (Fsp3) is 0.286. The molecule has 0 saturated heterocycles. The molecule has 1 amide bonds. The van der Waals surface area contributed by atoms with Crippen molar-refractivity contribution in [1.29, 1.82) is 0 Å². The van der Waals surface area contributed by atoms with Crippen LogP contribution in [0.1, 0.15) is 24.9 Å². The molecule has 1 aromatic heterocycles. The van der Waals surface area contributed by atoms with Gasteiger partial charge in [0.2, 0.25) is 5.91 Å². The Hall–Kier alpha value is -2.10. The van der Waals surface area contributed by atoms with Crippen LogP contribution < -0.4 is 5.32 Å². The van der Waals surface area contributed by atoms with E-state index in [-0.39, 0.29) is 11.9 Å². The molecular weight excluding hydrogens is 226 g/mol. The van der Waals surface area contributed by atoms with Crippen molar-refractivity contribution in [2.75, 3.05) is 5.32 Å². The summed E-state index contributed by atoms with van der Waals surface area (Å²) >= 11 is 0. The molecule has 0 saturated carbocycles. The van der Waals surface area contributed by atoms with E-state index >= 15 is 0 Å². The summed E-state index contributed by atoms with van der Waals surface area (Å²) in [7, 11) is 0. The molecule has 0 radical (unpaired) electrons. The van der Waals surface area contributed by atoms with E-state index in [9.17, 15) is 4.79 Å². The molecule has 2 aromatic rings. The number of amides is 1. The van der Waals surface area contributed by atoms with Gasteiger partial charge in [-0.15, -0.1) is 0 Å². The highest BCUT2D eigenvalue weighted by Crippen LogP contribution is 2.13. The van der Waals surface area contributed by atoms with Crippen molar-refractivity contribution in [1.82, 2.24) is 9.78 Å². The quantitative estimate of drug-likeness (QED) is 0.897. The maximum Gasteiger partial charge on any atom is 0.226 e. The van der Waals surface area contributed by atoms with Crippen LogP contribution in [0.25, 0.3) is 0 Å².